The number of hydrogen-bond donors (Lipinski definition) is 0. The first kappa shape index (κ1) is 17.2. The molecule has 0 bridgehead atoms. The first-order valence-electron chi connectivity index (χ1n) is 5.79. The van der Waals surface area contributed by atoms with Gasteiger partial charge in [0.25, 0.3) is 0 Å². The summed E-state index contributed by atoms with van der Waals surface area (Å²) in [5, 5.41) is -0.706. The van der Waals surface area contributed by atoms with Gasteiger partial charge in [-0.1, -0.05) is 13.3 Å². The summed E-state index contributed by atoms with van der Waals surface area (Å²) in [5.41, 5.74) is -2.29. The van der Waals surface area contributed by atoms with Crippen molar-refractivity contribution in [3.05, 3.63) is 29.1 Å². The van der Waals surface area contributed by atoms with Crippen LogP contribution in [0.15, 0.2) is 6.07 Å². The maximum Gasteiger partial charge on any atom is 0.422 e. The first-order valence-corrected chi connectivity index (χ1v) is 7.50. The molecule has 0 radical (unpaired) electrons. The monoisotopic (exact) mass is 320 g/mol. The van der Waals surface area contributed by atoms with Gasteiger partial charge in [0.05, 0.1) is 0 Å². The maximum absolute atomic E-state index is 13.8. The van der Waals surface area contributed by atoms with Crippen LogP contribution < -0.4 is 5.30 Å². The molecule has 0 fully saturated rings. The summed E-state index contributed by atoms with van der Waals surface area (Å²) in [6.07, 6.45) is -5.21. The zero-order chi connectivity index (χ0) is 15.5. The van der Waals surface area contributed by atoms with Crippen molar-refractivity contribution in [1.82, 2.24) is 0 Å². The normalized spacial score (nSPS) is 13.6. The van der Waals surface area contributed by atoms with Crippen molar-refractivity contribution in [2.24, 2.45) is 0 Å². The number of alkyl halides is 4. The summed E-state index contributed by atoms with van der Waals surface area (Å²) in [6, 6.07) is 0.334. The van der Waals surface area contributed by atoms with E-state index < -0.39 is 48.8 Å². The third-order valence-corrected chi connectivity index (χ3v) is 4.84. The van der Waals surface area contributed by atoms with Crippen molar-refractivity contribution >= 4 is 13.2 Å². The van der Waals surface area contributed by atoms with Crippen molar-refractivity contribution in [2.45, 2.75) is 25.9 Å². The molecule has 0 aliphatic carbocycles. The van der Waals surface area contributed by atoms with E-state index in [1.807, 2.05) is 0 Å². The second-order valence-corrected chi connectivity index (χ2v) is 6.36. The number of unbranched alkanes of at least 4 members (excludes halogenated alkanes) is 1. The molecule has 0 nitrogen and oxygen atoms in total. The molecule has 0 N–H and O–H groups in total. The zero-order valence-corrected chi connectivity index (χ0v) is 11.4. The van der Waals surface area contributed by atoms with Crippen LogP contribution in [-0.2, 0) is 6.18 Å². The Morgan fingerprint density at radius 3 is 2.15 bits per heavy atom. The molecule has 0 saturated carbocycles. The van der Waals surface area contributed by atoms with E-state index in [4.69, 9.17) is 0 Å². The highest BCUT2D eigenvalue weighted by molar-refractivity contribution is 7.65. The van der Waals surface area contributed by atoms with Crippen LogP contribution in [0, 0.1) is 17.5 Å². The average Bonchev–Trinajstić information content (AvgIpc) is 2.34. The fourth-order valence-corrected chi connectivity index (χ4v) is 3.54. The number of halogens is 7. The summed E-state index contributed by atoms with van der Waals surface area (Å²) in [7, 11) is -1.92. The van der Waals surface area contributed by atoms with Gasteiger partial charge in [0.2, 0.25) is 0 Å². The van der Waals surface area contributed by atoms with Gasteiger partial charge >= 0.3 is 6.18 Å². The molecule has 8 heteroatoms. The van der Waals surface area contributed by atoms with Gasteiger partial charge in [0.1, 0.15) is 17.8 Å². The van der Waals surface area contributed by atoms with E-state index >= 15 is 0 Å². The summed E-state index contributed by atoms with van der Waals surface area (Å²) in [4.78, 5) is 0. The molecule has 0 spiro atoms. The molecule has 1 unspecified atom stereocenters. The summed E-state index contributed by atoms with van der Waals surface area (Å²) < 4.78 is 90.7. The highest BCUT2D eigenvalue weighted by atomic mass is 31.1. The summed E-state index contributed by atoms with van der Waals surface area (Å²) >= 11 is 0. The Hall–Kier alpha value is -0.840. The van der Waals surface area contributed by atoms with E-state index in [1.54, 1.807) is 6.92 Å². The quantitative estimate of drug-likeness (QED) is 0.409. The van der Waals surface area contributed by atoms with Gasteiger partial charge < -0.3 is 0 Å². The second kappa shape index (κ2) is 6.74. The molecular weight excluding hydrogens is 308 g/mol. The highest BCUT2D eigenvalue weighted by Gasteiger charge is 2.41. The molecule has 0 heterocycles. The van der Waals surface area contributed by atoms with Crippen molar-refractivity contribution in [3.63, 3.8) is 0 Å². The Morgan fingerprint density at radius 2 is 1.70 bits per heavy atom. The molecule has 0 saturated heterocycles. The third-order valence-electron chi connectivity index (χ3n) is 2.69. The van der Waals surface area contributed by atoms with Gasteiger partial charge in [-0.3, -0.25) is 0 Å². The van der Waals surface area contributed by atoms with Crippen molar-refractivity contribution in [3.8, 4) is 0 Å². The Kier molecular flexibility index (Phi) is 5.80. The zero-order valence-electron chi connectivity index (χ0n) is 10.5. The van der Waals surface area contributed by atoms with E-state index in [0.717, 1.165) is 0 Å². The lowest BCUT2D eigenvalue weighted by atomic mass is 10.2. The Balaban J connectivity index is 3.38. The molecular formula is C12H12F7P. The highest BCUT2D eigenvalue weighted by Crippen LogP contribution is 2.41. The van der Waals surface area contributed by atoms with E-state index in [-0.39, 0.29) is 6.16 Å². The van der Waals surface area contributed by atoms with Crippen LogP contribution in [-0.4, -0.2) is 12.6 Å². The van der Waals surface area contributed by atoms with Gasteiger partial charge in [-0.15, -0.1) is 0 Å². The number of hydrogen-bond acceptors (Lipinski definition) is 0. The predicted molar refractivity (Wildman–Crippen MR) is 63.6 cm³/mol. The van der Waals surface area contributed by atoms with Gasteiger partial charge in [0.15, 0.2) is 11.6 Å². The maximum atomic E-state index is 13.8. The lowest BCUT2D eigenvalue weighted by molar-refractivity contribution is -0.142. The average molecular weight is 320 g/mol. The van der Waals surface area contributed by atoms with Gasteiger partial charge in [-0.2, -0.15) is 13.2 Å². The van der Waals surface area contributed by atoms with Crippen LogP contribution in [0.3, 0.4) is 0 Å². The van der Waals surface area contributed by atoms with E-state index in [9.17, 15) is 30.7 Å². The van der Waals surface area contributed by atoms with Crippen LogP contribution in [0.5, 0.6) is 0 Å². The van der Waals surface area contributed by atoms with Crippen LogP contribution in [0.1, 0.15) is 25.3 Å². The van der Waals surface area contributed by atoms with Crippen LogP contribution >= 0.6 is 7.92 Å². The molecule has 114 valence electrons. The minimum absolute atomic E-state index is 0.127. The van der Waals surface area contributed by atoms with E-state index in [0.29, 0.717) is 18.9 Å². The van der Waals surface area contributed by atoms with Crippen molar-refractivity contribution in [2.75, 3.05) is 12.6 Å². The van der Waals surface area contributed by atoms with Crippen molar-refractivity contribution in [1.29, 1.82) is 0 Å². The fourth-order valence-electron chi connectivity index (χ4n) is 1.66. The lowest BCUT2D eigenvalue weighted by Crippen LogP contribution is -2.22. The van der Waals surface area contributed by atoms with Gasteiger partial charge in [-0.05, 0) is 26.6 Å². The molecule has 0 aliphatic heterocycles. The Labute approximate surface area is 112 Å². The molecule has 0 aliphatic rings. The topological polar surface area (TPSA) is 0 Å². The smallest absolute Gasteiger partial charge is 0.246 e. The van der Waals surface area contributed by atoms with E-state index in [1.165, 1.54) is 0 Å². The number of rotatable bonds is 5. The van der Waals surface area contributed by atoms with Crippen LogP contribution in [0.25, 0.3) is 0 Å². The lowest BCUT2D eigenvalue weighted by Gasteiger charge is -2.18. The molecule has 1 aromatic carbocycles. The fraction of sp³-hybridized carbons (Fsp3) is 0.500. The molecule has 1 rings (SSSR count). The Bertz CT molecular complexity index is 470. The summed E-state index contributed by atoms with van der Waals surface area (Å²) in [5.74, 6) is -6.01. The third kappa shape index (κ3) is 3.62. The largest absolute Gasteiger partial charge is 0.422 e. The molecule has 20 heavy (non-hydrogen) atoms. The van der Waals surface area contributed by atoms with Gasteiger partial charge in [-0.25, -0.2) is 17.6 Å². The summed E-state index contributed by atoms with van der Waals surface area (Å²) in [6.45, 7) is 1.77. The van der Waals surface area contributed by atoms with Crippen LogP contribution in [0.4, 0.5) is 30.7 Å². The first-order chi connectivity index (χ1) is 9.23. The molecule has 0 aromatic heterocycles. The Morgan fingerprint density at radius 1 is 1.10 bits per heavy atom. The minimum Gasteiger partial charge on any atom is -0.246 e. The predicted octanol–water partition coefficient (Wildman–Crippen LogP) is 4.96. The number of benzene rings is 1. The molecule has 1 aromatic rings. The van der Waals surface area contributed by atoms with Crippen molar-refractivity contribution < 1.29 is 30.7 Å². The van der Waals surface area contributed by atoms with E-state index in [2.05, 4.69) is 0 Å². The van der Waals surface area contributed by atoms with Crippen LogP contribution in [0.2, 0.25) is 0 Å². The SMILES string of the molecule is CCCCP(CF)c1cc(F)c(F)c(C(F)(F)F)c1F. The minimum atomic E-state index is -5.37. The standard InChI is InChI=1S/C12H12F7P/c1-2-3-4-20(6-13)8-5-7(14)10(15)9(11(8)16)12(17,18)19/h5H,2-4,6H2,1H3. The molecule has 0 amide bonds. The second-order valence-electron chi connectivity index (χ2n) is 4.11. The molecule has 1 atom stereocenters. The van der Waals surface area contributed by atoms with Gasteiger partial charge in [0, 0.05) is 5.30 Å².